The van der Waals surface area contributed by atoms with E-state index >= 15 is 0 Å². The van der Waals surface area contributed by atoms with Crippen LogP contribution in [0.3, 0.4) is 0 Å². The topological polar surface area (TPSA) is 28.6 Å². The third kappa shape index (κ3) is 4.50. The van der Waals surface area contributed by atoms with E-state index in [1.165, 1.54) is 38.0 Å². The molecule has 4 nitrogen and oxygen atoms in total. The van der Waals surface area contributed by atoms with Gasteiger partial charge in [-0.05, 0) is 31.5 Å². The minimum Gasteiger partial charge on any atom is -0.379 e. The monoisotopic (exact) mass is 289 g/mol. The number of ether oxygens (including phenoxy) is 1. The van der Waals surface area contributed by atoms with Gasteiger partial charge in [0.25, 0.3) is 0 Å². The van der Waals surface area contributed by atoms with E-state index in [2.05, 4.69) is 26.9 Å². The van der Waals surface area contributed by atoms with Crippen molar-refractivity contribution in [2.75, 3.05) is 45.9 Å². The smallest absolute Gasteiger partial charge is 0.0594 e. The van der Waals surface area contributed by atoms with E-state index in [0.717, 1.165) is 45.3 Å². The third-order valence-electron chi connectivity index (χ3n) is 4.70. The summed E-state index contributed by atoms with van der Waals surface area (Å²) >= 11 is 0. The second-order valence-corrected chi connectivity index (χ2v) is 6.17. The highest BCUT2D eigenvalue weighted by atomic mass is 16.5. The van der Waals surface area contributed by atoms with Crippen LogP contribution in [0.5, 0.6) is 0 Å². The van der Waals surface area contributed by atoms with Crippen LogP contribution < -0.4 is 0 Å². The number of hydrogen-bond acceptors (Lipinski definition) is 4. The van der Waals surface area contributed by atoms with E-state index in [0.29, 0.717) is 0 Å². The first kappa shape index (κ1) is 14.9. The average molecular weight is 289 g/mol. The molecular weight excluding hydrogens is 262 g/mol. The number of aromatic nitrogens is 1. The quantitative estimate of drug-likeness (QED) is 0.826. The zero-order chi connectivity index (χ0) is 14.3. The predicted octanol–water partition coefficient (Wildman–Crippen LogP) is 1.81. The fourth-order valence-corrected chi connectivity index (χ4v) is 3.45. The van der Waals surface area contributed by atoms with Gasteiger partial charge in [0, 0.05) is 50.5 Å². The van der Waals surface area contributed by atoms with Gasteiger partial charge in [0.15, 0.2) is 0 Å². The number of piperidine rings is 1. The van der Waals surface area contributed by atoms with E-state index in [1.54, 1.807) is 0 Å². The first-order valence-corrected chi connectivity index (χ1v) is 8.36. The summed E-state index contributed by atoms with van der Waals surface area (Å²) in [4.78, 5) is 9.72. The molecule has 0 aromatic carbocycles. The molecular formula is C17H27N3O. The number of morpholine rings is 1. The first-order valence-electron chi connectivity index (χ1n) is 8.36. The largest absolute Gasteiger partial charge is 0.379 e. The van der Waals surface area contributed by atoms with E-state index in [-0.39, 0.29) is 0 Å². The van der Waals surface area contributed by atoms with Crippen molar-refractivity contribution in [3.05, 3.63) is 30.1 Å². The van der Waals surface area contributed by atoms with Gasteiger partial charge < -0.3 is 4.74 Å². The van der Waals surface area contributed by atoms with Gasteiger partial charge in [-0.25, -0.2) is 0 Å². The maximum atomic E-state index is 5.46. The Morgan fingerprint density at radius 2 is 2.05 bits per heavy atom. The Balaban J connectivity index is 1.51. The Morgan fingerprint density at radius 3 is 2.86 bits per heavy atom. The zero-order valence-electron chi connectivity index (χ0n) is 12.9. The van der Waals surface area contributed by atoms with Gasteiger partial charge in [-0.15, -0.1) is 0 Å². The van der Waals surface area contributed by atoms with Gasteiger partial charge in [0.2, 0.25) is 0 Å². The van der Waals surface area contributed by atoms with Crippen LogP contribution in [0.2, 0.25) is 0 Å². The summed E-state index contributed by atoms with van der Waals surface area (Å²) in [7, 11) is 0. The number of likely N-dealkylation sites (tertiary alicyclic amines) is 1. The standard InChI is InChI=1S/C17H27N3O/c1-3-8-18-16(5-1)7-10-20-9-4-2-6-17(20)15-19-11-13-21-14-12-19/h1,3,5,8,17H,2,4,6-7,9-15H2. The molecule has 0 spiro atoms. The van der Waals surface area contributed by atoms with Crippen molar-refractivity contribution in [1.29, 1.82) is 0 Å². The van der Waals surface area contributed by atoms with Crippen LogP contribution in [0, 0.1) is 0 Å². The van der Waals surface area contributed by atoms with Crippen molar-refractivity contribution >= 4 is 0 Å². The summed E-state index contributed by atoms with van der Waals surface area (Å²) in [6.07, 6.45) is 7.05. The highest BCUT2D eigenvalue weighted by Crippen LogP contribution is 2.19. The number of pyridine rings is 1. The average Bonchev–Trinajstić information content (AvgIpc) is 2.56. The van der Waals surface area contributed by atoms with Crippen molar-refractivity contribution in [2.45, 2.75) is 31.7 Å². The van der Waals surface area contributed by atoms with Crippen LogP contribution in [0.1, 0.15) is 25.0 Å². The minimum atomic E-state index is 0.723. The Labute approximate surface area is 128 Å². The van der Waals surface area contributed by atoms with Crippen LogP contribution in [0.25, 0.3) is 0 Å². The maximum absolute atomic E-state index is 5.46. The number of nitrogens with zero attached hydrogens (tertiary/aromatic N) is 3. The van der Waals surface area contributed by atoms with Crippen LogP contribution in [-0.2, 0) is 11.2 Å². The molecule has 2 saturated heterocycles. The lowest BCUT2D eigenvalue weighted by Gasteiger charge is -2.39. The van der Waals surface area contributed by atoms with Crippen molar-refractivity contribution < 1.29 is 4.74 Å². The Bertz CT molecular complexity index is 406. The highest BCUT2D eigenvalue weighted by molar-refractivity contribution is 5.04. The zero-order valence-corrected chi connectivity index (χ0v) is 12.9. The highest BCUT2D eigenvalue weighted by Gasteiger charge is 2.25. The van der Waals surface area contributed by atoms with Crippen LogP contribution in [0.15, 0.2) is 24.4 Å². The summed E-state index contributed by atoms with van der Waals surface area (Å²) in [6, 6.07) is 6.94. The molecule has 2 fully saturated rings. The number of rotatable bonds is 5. The van der Waals surface area contributed by atoms with Gasteiger partial charge in [-0.3, -0.25) is 14.8 Å². The summed E-state index contributed by atoms with van der Waals surface area (Å²) in [5.41, 5.74) is 1.22. The molecule has 0 bridgehead atoms. The molecule has 0 aliphatic carbocycles. The lowest BCUT2D eigenvalue weighted by Crippen LogP contribution is -2.49. The van der Waals surface area contributed by atoms with Crippen molar-refractivity contribution in [1.82, 2.24) is 14.8 Å². The van der Waals surface area contributed by atoms with Crippen molar-refractivity contribution in [2.24, 2.45) is 0 Å². The normalized spacial score (nSPS) is 25.0. The second kappa shape index (κ2) is 7.87. The molecule has 4 heteroatoms. The SMILES string of the molecule is c1ccc(CCN2CCCCC2CN2CCOCC2)nc1. The van der Waals surface area contributed by atoms with Gasteiger partial charge in [0.05, 0.1) is 13.2 Å². The summed E-state index contributed by atoms with van der Waals surface area (Å²) < 4.78 is 5.46. The molecule has 21 heavy (non-hydrogen) atoms. The fraction of sp³-hybridized carbons (Fsp3) is 0.706. The molecule has 3 rings (SSSR count). The van der Waals surface area contributed by atoms with Crippen molar-refractivity contribution in [3.8, 4) is 0 Å². The molecule has 1 aromatic rings. The molecule has 1 aromatic heterocycles. The third-order valence-corrected chi connectivity index (χ3v) is 4.70. The molecule has 0 saturated carbocycles. The summed E-state index contributed by atoms with van der Waals surface area (Å²) in [6.45, 7) is 7.62. The van der Waals surface area contributed by atoms with E-state index in [1.807, 2.05) is 12.3 Å². The molecule has 116 valence electrons. The van der Waals surface area contributed by atoms with Gasteiger partial charge in [0.1, 0.15) is 0 Å². The van der Waals surface area contributed by atoms with Crippen LogP contribution >= 0.6 is 0 Å². The molecule has 0 N–H and O–H groups in total. The predicted molar refractivity (Wildman–Crippen MR) is 84.4 cm³/mol. The van der Waals surface area contributed by atoms with Crippen LogP contribution in [0.4, 0.5) is 0 Å². The molecule has 0 radical (unpaired) electrons. The molecule has 1 atom stereocenters. The van der Waals surface area contributed by atoms with E-state index in [9.17, 15) is 0 Å². The molecule has 1 unspecified atom stereocenters. The summed E-state index contributed by atoms with van der Waals surface area (Å²) in [5.74, 6) is 0. The first-order chi connectivity index (χ1) is 10.4. The van der Waals surface area contributed by atoms with Crippen LogP contribution in [-0.4, -0.2) is 66.8 Å². The van der Waals surface area contributed by atoms with Gasteiger partial charge in [-0.2, -0.15) is 0 Å². The summed E-state index contributed by atoms with van der Waals surface area (Å²) in [5, 5.41) is 0. The maximum Gasteiger partial charge on any atom is 0.0594 e. The Morgan fingerprint density at radius 1 is 1.14 bits per heavy atom. The van der Waals surface area contributed by atoms with Crippen molar-refractivity contribution in [3.63, 3.8) is 0 Å². The minimum absolute atomic E-state index is 0.723. The van der Waals surface area contributed by atoms with E-state index < -0.39 is 0 Å². The van der Waals surface area contributed by atoms with Gasteiger partial charge in [-0.1, -0.05) is 12.5 Å². The fourth-order valence-electron chi connectivity index (χ4n) is 3.45. The second-order valence-electron chi connectivity index (χ2n) is 6.17. The molecule has 3 heterocycles. The Kier molecular flexibility index (Phi) is 5.60. The molecule has 0 amide bonds. The number of hydrogen-bond donors (Lipinski definition) is 0. The molecule has 2 aliphatic rings. The lowest BCUT2D eigenvalue weighted by molar-refractivity contribution is 0.0169. The Hall–Kier alpha value is -0.970. The van der Waals surface area contributed by atoms with Gasteiger partial charge >= 0.3 is 0 Å². The molecule has 2 aliphatic heterocycles. The lowest BCUT2D eigenvalue weighted by atomic mass is 10.0. The van der Waals surface area contributed by atoms with E-state index in [4.69, 9.17) is 4.74 Å².